The van der Waals surface area contributed by atoms with Crippen molar-refractivity contribution in [2.24, 2.45) is 5.92 Å². The molecule has 1 atom stereocenters. The summed E-state index contributed by atoms with van der Waals surface area (Å²) in [5.41, 5.74) is 2.13. The number of rotatable bonds is 5. The quantitative estimate of drug-likeness (QED) is 0.817. The molecule has 1 aliphatic heterocycles. The molecule has 1 unspecified atom stereocenters. The van der Waals surface area contributed by atoms with Gasteiger partial charge in [0.25, 0.3) is 0 Å². The number of likely N-dealkylation sites (tertiary alicyclic amines) is 1. The van der Waals surface area contributed by atoms with Gasteiger partial charge < -0.3 is 10.2 Å². The number of nitrogens with zero attached hydrogens (tertiary/aromatic N) is 1. The van der Waals surface area contributed by atoms with Crippen LogP contribution in [0.2, 0.25) is 0 Å². The number of carbonyl (C=O) groups is 1. The molecule has 0 aliphatic carbocycles. The van der Waals surface area contributed by atoms with Crippen LogP contribution >= 0.6 is 0 Å². The number of piperidine rings is 1. The molecule has 1 aromatic carbocycles. The maximum absolute atomic E-state index is 10.5. The molecule has 1 heterocycles. The molecule has 1 aliphatic rings. The molecule has 1 saturated heterocycles. The van der Waals surface area contributed by atoms with E-state index in [4.69, 9.17) is 5.11 Å². The molecule has 0 bridgehead atoms. The summed E-state index contributed by atoms with van der Waals surface area (Å²) in [6.07, 6.45) is 4.65. The number of carboxylic acid groups (broad SMARTS) is 1. The van der Waals surface area contributed by atoms with Gasteiger partial charge in [-0.05, 0) is 56.0 Å². The van der Waals surface area contributed by atoms with E-state index in [1.165, 1.54) is 5.56 Å². The lowest BCUT2D eigenvalue weighted by atomic mass is 9.92. The summed E-state index contributed by atoms with van der Waals surface area (Å²) in [7, 11) is 0. The number of hydrogen-bond donors (Lipinski definition) is 2. The Balaban J connectivity index is 1.85. The summed E-state index contributed by atoms with van der Waals surface area (Å²) in [5, 5.41) is 18.2. The molecule has 2 rings (SSSR count). The second-order valence-corrected chi connectivity index (χ2v) is 5.77. The van der Waals surface area contributed by atoms with Crippen molar-refractivity contribution in [3.05, 3.63) is 41.5 Å². The first-order chi connectivity index (χ1) is 10.0. The van der Waals surface area contributed by atoms with Crippen LogP contribution in [-0.4, -0.2) is 40.3 Å². The van der Waals surface area contributed by atoms with Gasteiger partial charge in [0.1, 0.15) is 0 Å². The fourth-order valence-electron chi connectivity index (χ4n) is 2.75. The monoisotopic (exact) mass is 289 g/mol. The summed E-state index contributed by atoms with van der Waals surface area (Å²) >= 11 is 0. The Kier molecular flexibility index (Phi) is 5.53. The predicted octanol–water partition coefficient (Wildman–Crippen LogP) is 2.38. The molecule has 0 spiro atoms. The predicted molar refractivity (Wildman–Crippen MR) is 82.8 cm³/mol. The first-order valence-corrected chi connectivity index (χ1v) is 7.45. The molecule has 1 aromatic rings. The van der Waals surface area contributed by atoms with Gasteiger partial charge in [0.15, 0.2) is 0 Å². The second-order valence-electron chi connectivity index (χ2n) is 5.77. The van der Waals surface area contributed by atoms with Gasteiger partial charge >= 0.3 is 5.97 Å². The average Bonchev–Trinajstić information content (AvgIpc) is 2.47. The van der Waals surface area contributed by atoms with Crippen molar-refractivity contribution in [2.45, 2.75) is 32.4 Å². The second kappa shape index (κ2) is 7.38. The van der Waals surface area contributed by atoms with E-state index in [0.29, 0.717) is 5.92 Å². The Morgan fingerprint density at radius 3 is 2.48 bits per heavy atom. The molecule has 1 fully saturated rings. The maximum Gasteiger partial charge on any atom is 0.328 e. The third kappa shape index (κ3) is 4.99. The molecular formula is C17H23NO3. The van der Waals surface area contributed by atoms with Gasteiger partial charge in [-0.3, -0.25) is 4.90 Å². The lowest BCUT2D eigenvalue weighted by Crippen LogP contribution is -2.36. The number of carboxylic acids is 1. The number of benzene rings is 1. The van der Waals surface area contributed by atoms with E-state index in [0.717, 1.165) is 44.1 Å². The minimum Gasteiger partial charge on any atom is -0.478 e. The van der Waals surface area contributed by atoms with Gasteiger partial charge in [-0.25, -0.2) is 4.79 Å². The molecule has 0 aromatic heterocycles. The molecule has 21 heavy (non-hydrogen) atoms. The molecule has 2 N–H and O–H groups in total. The van der Waals surface area contributed by atoms with E-state index in [9.17, 15) is 9.90 Å². The molecule has 0 saturated carbocycles. The Bertz CT molecular complexity index is 485. The molecule has 114 valence electrons. The van der Waals surface area contributed by atoms with Gasteiger partial charge in [-0.1, -0.05) is 24.3 Å². The topological polar surface area (TPSA) is 60.8 Å². The summed E-state index contributed by atoms with van der Waals surface area (Å²) in [4.78, 5) is 12.9. The highest BCUT2D eigenvalue weighted by Crippen LogP contribution is 2.22. The summed E-state index contributed by atoms with van der Waals surface area (Å²) in [6, 6.07) is 7.97. The summed E-state index contributed by atoms with van der Waals surface area (Å²) < 4.78 is 0. The van der Waals surface area contributed by atoms with Crippen LogP contribution in [0.25, 0.3) is 6.08 Å². The number of aliphatic carboxylic acids is 1. The van der Waals surface area contributed by atoms with E-state index in [1.54, 1.807) is 6.08 Å². The van der Waals surface area contributed by atoms with Gasteiger partial charge in [-0.2, -0.15) is 0 Å². The largest absolute Gasteiger partial charge is 0.478 e. The Hall–Kier alpha value is -1.65. The van der Waals surface area contributed by atoms with E-state index in [2.05, 4.69) is 4.90 Å². The van der Waals surface area contributed by atoms with Crippen LogP contribution in [0.5, 0.6) is 0 Å². The average molecular weight is 289 g/mol. The van der Waals surface area contributed by atoms with Crippen molar-refractivity contribution < 1.29 is 15.0 Å². The SMILES string of the molecule is CC(O)C1CCN(Cc2ccc(/C=C/C(=O)O)cc2)CC1. The normalized spacial score (nSPS) is 19.0. The molecule has 0 radical (unpaired) electrons. The lowest BCUT2D eigenvalue weighted by Gasteiger charge is -2.33. The van der Waals surface area contributed by atoms with Crippen LogP contribution in [0.4, 0.5) is 0 Å². The minimum atomic E-state index is -0.931. The third-order valence-corrected chi connectivity index (χ3v) is 4.12. The summed E-state index contributed by atoms with van der Waals surface area (Å²) in [6.45, 7) is 4.84. The summed E-state index contributed by atoms with van der Waals surface area (Å²) in [5.74, 6) is -0.496. The first kappa shape index (κ1) is 15.7. The lowest BCUT2D eigenvalue weighted by molar-refractivity contribution is -0.131. The minimum absolute atomic E-state index is 0.201. The highest BCUT2D eigenvalue weighted by molar-refractivity contribution is 5.85. The third-order valence-electron chi connectivity index (χ3n) is 4.12. The van der Waals surface area contributed by atoms with E-state index in [1.807, 2.05) is 31.2 Å². The van der Waals surface area contributed by atoms with Gasteiger partial charge in [0, 0.05) is 12.6 Å². The van der Waals surface area contributed by atoms with Crippen LogP contribution in [0.15, 0.2) is 30.3 Å². The zero-order valence-corrected chi connectivity index (χ0v) is 12.4. The number of hydrogen-bond acceptors (Lipinski definition) is 3. The van der Waals surface area contributed by atoms with Crippen LogP contribution in [0.3, 0.4) is 0 Å². The van der Waals surface area contributed by atoms with Crippen molar-refractivity contribution in [3.63, 3.8) is 0 Å². The van der Waals surface area contributed by atoms with Crippen molar-refractivity contribution in [3.8, 4) is 0 Å². The molecule has 4 heteroatoms. The van der Waals surface area contributed by atoms with Crippen LogP contribution in [0.1, 0.15) is 30.9 Å². The van der Waals surface area contributed by atoms with Crippen molar-refractivity contribution in [1.29, 1.82) is 0 Å². The van der Waals surface area contributed by atoms with Crippen molar-refractivity contribution in [1.82, 2.24) is 4.90 Å². The number of aliphatic hydroxyl groups excluding tert-OH is 1. The molecular weight excluding hydrogens is 266 g/mol. The smallest absolute Gasteiger partial charge is 0.328 e. The van der Waals surface area contributed by atoms with Crippen LogP contribution < -0.4 is 0 Å². The molecule has 0 amide bonds. The standard InChI is InChI=1S/C17H23NO3/c1-13(19)16-8-10-18(11-9-16)12-15-4-2-14(3-5-15)6-7-17(20)21/h2-7,13,16,19H,8-12H2,1H3,(H,20,21)/b7-6+. The molecule has 4 nitrogen and oxygen atoms in total. The van der Waals surface area contributed by atoms with Crippen LogP contribution in [0, 0.1) is 5.92 Å². The Labute approximate surface area is 125 Å². The highest BCUT2D eigenvalue weighted by Gasteiger charge is 2.22. The van der Waals surface area contributed by atoms with Crippen molar-refractivity contribution in [2.75, 3.05) is 13.1 Å². The van der Waals surface area contributed by atoms with E-state index < -0.39 is 5.97 Å². The Morgan fingerprint density at radius 2 is 1.95 bits per heavy atom. The number of aliphatic hydroxyl groups is 1. The highest BCUT2D eigenvalue weighted by atomic mass is 16.4. The van der Waals surface area contributed by atoms with Gasteiger partial charge in [-0.15, -0.1) is 0 Å². The Morgan fingerprint density at radius 1 is 1.33 bits per heavy atom. The van der Waals surface area contributed by atoms with Gasteiger partial charge in [0.05, 0.1) is 6.10 Å². The fraction of sp³-hybridized carbons (Fsp3) is 0.471. The van der Waals surface area contributed by atoms with Crippen molar-refractivity contribution >= 4 is 12.0 Å². The first-order valence-electron chi connectivity index (χ1n) is 7.45. The van der Waals surface area contributed by atoms with Gasteiger partial charge in [0.2, 0.25) is 0 Å². The zero-order valence-electron chi connectivity index (χ0n) is 12.4. The fourth-order valence-corrected chi connectivity index (χ4v) is 2.75. The van der Waals surface area contributed by atoms with Crippen LogP contribution in [-0.2, 0) is 11.3 Å². The maximum atomic E-state index is 10.5. The van der Waals surface area contributed by atoms with E-state index >= 15 is 0 Å². The zero-order chi connectivity index (χ0) is 15.2. The van der Waals surface area contributed by atoms with E-state index in [-0.39, 0.29) is 6.10 Å².